The molecule has 4 heteroatoms. The number of benzene rings is 1. The minimum Gasteiger partial charge on any atom is -0.476 e. The van der Waals surface area contributed by atoms with Crippen LogP contribution in [0.5, 0.6) is 0 Å². The second-order valence-corrected chi connectivity index (χ2v) is 4.49. The highest BCUT2D eigenvalue weighted by Crippen LogP contribution is 2.26. The van der Waals surface area contributed by atoms with Gasteiger partial charge in [-0.3, -0.25) is 0 Å². The van der Waals surface area contributed by atoms with E-state index in [1.165, 1.54) is 22.7 Å². The van der Waals surface area contributed by atoms with Crippen LogP contribution in [0.4, 0.5) is 0 Å². The fourth-order valence-corrected chi connectivity index (χ4v) is 2.13. The molecular formula is C12H11NO2S. The van der Waals surface area contributed by atoms with Crippen molar-refractivity contribution in [3.05, 3.63) is 41.1 Å². The van der Waals surface area contributed by atoms with Crippen LogP contribution in [0.1, 0.15) is 21.6 Å². The van der Waals surface area contributed by atoms with Crippen LogP contribution < -0.4 is 0 Å². The lowest BCUT2D eigenvalue weighted by Crippen LogP contribution is -1.94. The van der Waals surface area contributed by atoms with Gasteiger partial charge in [0.25, 0.3) is 0 Å². The van der Waals surface area contributed by atoms with Crippen LogP contribution >= 0.6 is 11.5 Å². The van der Waals surface area contributed by atoms with E-state index in [-0.39, 0.29) is 5.69 Å². The summed E-state index contributed by atoms with van der Waals surface area (Å²) in [6, 6.07) is 7.68. The first kappa shape index (κ1) is 10.8. The number of nitrogens with zero attached hydrogens (tertiary/aromatic N) is 1. The van der Waals surface area contributed by atoms with Gasteiger partial charge in [-0.05, 0) is 48.1 Å². The van der Waals surface area contributed by atoms with Crippen LogP contribution in [0, 0.1) is 13.8 Å². The molecule has 0 aliphatic rings. The van der Waals surface area contributed by atoms with E-state index < -0.39 is 5.97 Å². The third-order valence-electron chi connectivity index (χ3n) is 2.52. The number of hydrogen-bond acceptors (Lipinski definition) is 3. The first-order chi connectivity index (χ1) is 7.58. The summed E-state index contributed by atoms with van der Waals surface area (Å²) in [5, 5.41) is 8.79. The molecule has 0 aliphatic carbocycles. The zero-order valence-corrected chi connectivity index (χ0v) is 9.84. The lowest BCUT2D eigenvalue weighted by atomic mass is 10.1. The van der Waals surface area contributed by atoms with Gasteiger partial charge in [0.15, 0.2) is 5.69 Å². The van der Waals surface area contributed by atoms with E-state index in [0.717, 1.165) is 10.4 Å². The molecule has 0 radical (unpaired) electrons. The highest BCUT2D eigenvalue weighted by Gasteiger charge is 2.10. The second-order valence-electron chi connectivity index (χ2n) is 3.68. The van der Waals surface area contributed by atoms with Gasteiger partial charge in [0.2, 0.25) is 0 Å². The molecule has 1 aromatic carbocycles. The summed E-state index contributed by atoms with van der Waals surface area (Å²) in [7, 11) is 0. The van der Waals surface area contributed by atoms with Crippen LogP contribution in [0.3, 0.4) is 0 Å². The summed E-state index contributed by atoms with van der Waals surface area (Å²) in [5.74, 6) is -0.980. The maximum absolute atomic E-state index is 10.7. The third kappa shape index (κ3) is 1.97. The maximum Gasteiger partial charge on any atom is 0.355 e. The van der Waals surface area contributed by atoms with Gasteiger partial charge in [0.1, 0.15) is 0 Å². The minimum absolute atomic E-state index is 0.109. The van der Waals surface area contributed by atoms with Gasteiger partial charge in [-0.1, -0.05) is 18.2 Å². The Hall–Kier alpha value is -1.68. The molecule has 0 spiro atoms. The summed E-state index contributed by atoms with van der Waals surface area (Å²) >= 11 is 1.21. The van der Waals surface area contributed by atoms with Gasteiger partial charge in [-0.2, -0.15) is 4.37 Å². The Balaban J connectivity index is 2.42. The number of aryl methyl sites for hydroxylation is 2. The average molecular weight is 233 g/mol. The molecule has 82 valence electrons. The number of hydrogen-bond donors (Lipinski definition) is 1. The van der Waals surface area contributed by atoms with Crippen molar-refractivity contribution in [2.75, 3.05) is 0 Å². The van der Waals surface area contributed by atoms with Gasteiger partial charge in [0, 0.05) is 0 Å². The van der Waals surface area contributed by atoms with Gasteiger partial charge >= 0.3 is 5.97 Å². The minimum atomic E-state index is -0.980. The number of carboxylic acids is 1. The molecule has 2 aromatic rings. The van der Waals surface area contributed by atoms with E-state index in [1.807, 2.05) is 19.1 Å². The molecule has 1 N–H and O–H groups in total. The van der Waals surface area contributed by atoms with E-state index in [2.05, 4.69) is 17.4 Å². The topological polar surface area (TPSA) is 50.2 Å². The Morgan fingerprint density at radius 3 is 2.56 bits per heavy atom. The molecule has 1 aromatic heterocycles. The van der Waals surface area contributed by atoms with Crippen molar-refractivity contribution in [1.29, 1.82) is 0 Å². The summed E-state index contributed by atoms with van der Waals surface area (Å²) in [6.07, 6.45) is 0. The SMILES string of the molecule is Cc1ccc(-c2cc(C(=O)O)ns2)cc1C. The molecule has 0 bridgehead atoms. The van der Waals surface area contributed by atoms with E-state index in [0.29, 0.717) is 0 Å². The Morgan fingerprint density at radius 2 is 2.00 bits per heavy atom. The maximum atomic E-state index is 10.7. The van der Waals surface area contributed by atoms with E-state index in [9.17, 15) is 4.79 Å². The first-order valence-electron chi connectivity index (χ1n) is 4.85. The van der Waals surface area contributed by atoms with Crippen molar-refractivity contribution >= 4 is 17.5 Å². The van der Waals surface area contributed by atoms with Crippen LogP contribution in [-0.2, 0) is 0 Å². The monoisotopic (exact) mass is 233 g/mol. The Kier molecular flexibility index (Phi) is 2.75. The van der Waals surface area contributed by atoms with E-state index >= 15 is 0 Å². The van der Waals surface area contributed by atoms with Crippen molar-refractivity contribution in [1.82, 2.24) is 4.37 Å². The first-order valence-corrected chi connectivity index (χ1v) is 5.63. The average Bonchev–Trinajstić information content (AvgIpc) is 2.71. The highest BCUT2D eigenvalue weighted by molar-refractivity contribution is 7.09. The predicted octanol–water partition coefficient (Wildman–Crippen LogP) is 3.13. The number of carbonyl (C=O) groups is 1. The molecule has 0 atom stereocenters. The van der Waals surface area contributed by atoms with Crippen molar-refractivity contribution in [2.45, 2.75) is 13.8 Å². The summed E-state index contributed by atoms with van der Waals surface area (Å²) in [5.41, 5.74) is 3.56. The highest BCUT2D eigenvalue weighted by atomic mass is 32.1. The van der Waals surface area contributed by atoms with Gasteiger partial charge in [0.05, 0.1) is 4.88 Å². The van der Waals surface area contributed by atoms with Crippen LogP contribution in [0.25, 0.3) is 10.4 Å². The molecule has 3 nitrogen and oxygen atoms in total. The molecule has 0 aliphatic heterocycles. The van der Waals surface area contributed by atoms with Crippen molar-refractivity contribution in [3.8, 4) is 10.4 Å². The molecule has 0 saturated heterocycles. The van der Waals surface area contributed by atoms with Crippen molar-refractivity contribution in [3.63, 3.8) is 0 Å². The number of rotatable bonds is 2. The zero-order chi connectivity index (χ0) is 11.7. The van der Waals surface area contributed by atoms with Gasteiger partial charge in [-0.15, -0.1) is 0 Å². The molecular weight excluding hydrogens is 222 g/mol. The standard InChI is InChI=1S/C12H11NO2S/c1-7-3-4-9(5-8(7)2)11-6-10(12(14)15)13-16-11/h3-6H,1-2H3,(H,14,15). The molecule has 2 rings (SSSR count). The smallest absolute Gasteiger partial charge is 0.355 e. The van der Waals surface area contributed by atoms with Gasteiger partial charge < -0.3 is 5.11 Å². The molecule has 0 saturated carbocycles. The van der Waals surface area contributed by atoms with Gasteiger partial charge in [-0.25, -0.2) is 4.79 Å². The van der Waals surface area contributed by atoms with Crippen LogP contribution in [0.15, 0.2) is 24.3 Å². The van der Waals surface area contributed by atoms with Crippen LogP contribution in [0.2, 0.25) is 0 Å². The van der Waals surface area contributed by atoms with Crippen molar-refractivity contribution < 1.29 is 9.90 Å². The molecule has 0 unspecified atom stereocenters. The molecule has 0 amide bonds. The van der Waals surface area contributed by atoms with Crippen LogP contribution in [-0.4, -0.2) is 15.4 Å². The van der Waals surface area contributed by atoms with E-state index in [4.69, 9.17) is 5.11 Å². The Morgan fingerprint density at radius 1 is 1.25 bits per heavy atom. The lowest BCUT2D eigenvalue weighted by molar-refractivity contribution is 0.0692. The Bertz CT molecular complexity index is 546. The Labute approximate surface area is 97.5 Å². The fourth-order valence-electron chi connectivity index (χ4n) is 1.41. The number of aromatic carboxylic acids is 1. The quantitative estimate of drug-likeness (QED) is 0.867. The number of carboxylic acid groups (broad SMARTS) is 1. The lowest BCUT2D eigenvalue weighted by Gasteiger charge is -2.01. The molecule has 1 heterocycles. The normalized spacial score (nSPS) is 10.4. The predicted molar refractivity (Wildman–Crippen MR) is 64.0 cm³/mol. The molecule has 0 fully saturated rings. The molecule has 16 heavy (non-hydrogen) atoms. The van der Waals surface area contributed by atoms with Crippen molar-refractivity contribution in [2.24, 2.45) is 0 Å². The zero-order valence-electron chi connectivity index (χ0n) is 9.02. The summed E-state index contributed by atoms with van der Waals surface area (Å²) < 4.78 is 3.89. The summed E-state index contributed by atoms with van der Waals surface area (Å²) in [6.45, 7) is 4.09. The van der Waals surface area contributed by atoms with E-state index in [1.54, 1.807) is 6.07 Å². The largest absolute Gasteiger partial charge is 0.476 e. The second kappa shape index (κ2) is 4.06. The summed E-state index contributed by atoms with van der Waals surface area (Å²) in [4.78, 5) is 11.6. The fraction of sp³-hybridized carbons (Fsp3) is 0.167. The third-order valence-corrected chi connectivity index (χ3v) is 3.36. The number of aromatic nitrogens is 1.